The lowest BCUT2D eigenvalue weighted by atomic mass is 10.2. The maximum atomic E-state index is 12.0. The van der Waals surface area contributed by atoms with Crippen LogP contribution >= 0.6 is 0 Å². The standard InChI is InChI=1S/C11H21N3O5S/c1-11(2,3)19-10(16)14-6-8(13-20(4,17)18)5-9(14)12-7-15/h7-9,13H,5-6H2,1-4H3,(H,12,15). The van der Waals surface area contributed by atoms with E-state index in [1.165, 1.54) is 4.90 Å². The van der Waals surface area contributed by atoms with E-state index in [1.807, 2.05) is 0 Å². The van der Waals surface area contributed by atoms with E-state index in [4.69, 9.17) is 4.74 Å². The summed E-state index contributed by atoms with van der Waals surface area (Å²) in [5.41, 5.74) is -0.662. The molecule has 8 nitrogen and oxygen atoms in total. The molecule has 0 radical (unpaired) electrons. The number of hydrogen-bond acceptors (Lipinski definition) is 5. The molecule has 1 saturated heterocycles. The van der Waals surface area contributed by atoms with Gasteiger partial charge in [-0.25, -0.2) is 17.9 Å². The molecule has 2 amide bonds. The van der Waals surface area contributed by atoms with E-state index in [0.29, 0.717) is 12.8 Å². The fraction of sp³-hybridized carbons (Fsp3) is 0.818. The van der Waals surface area contributed by atoms with Crippen molar-refractivity contribution in [2.75, 3.05) is 12.8 Å². The van der Waals surface area contributed by atoms with Crippen LogP contribution in [0.25, 0.3) is 0 Å². The van der Waals surface area contributed by atoms with Crippen LogP contribution in [0.5, 0.6) is 0 Å². The summed E-state index contributed by atoms with van der Waals surface area (Å²) >= 11 is 0. The molecule has 0 aromatic heterocycles. The summed E-state index contributed by atoms with van der Waals surface area (Å²) < 4.78 is 30.1. The Balaban J connectivity index is 2.77. The van der Waals surface area contributed by atoms with Crippen LogP contribution in [0.15, 0.2) is 0 Å². The zero-order valence-corrected chi connectivity index (χ0v) is 12.9. The fourth-order valence-electron chi connectivity index (χ4n) is 1.98. The molecule has 116 valence electrons. The monoisotopic (exact) mass is 307 g/mol. The molecule has 1 aliphatic rings. The van der Waals surface area contributed by atoms with Crippen molar-refractivity contribution in [2.45, 2.75) is 45.0 Å². The van der Waals surface area contributed by atoms with Gasteiger partial charge >= 0.3 is 6.09 Å². The molecular formula is C11H21N3O5S. The molecule has 0 aromatic rings. The summed E-state index contributed by atoms with van der Waals surface area (Å²) in [7, 11) is -3.38. The highest BCUT2D eigenvalue weighted by Crippen LogP contribution is 2.20. The van der Waals surface area contributed by atoms with Crippen molar-refractivity contribution in [1.82, 2.24) is 14.9 Å². The Kier molecular flexibility index (Phi) is 4.98. The van der Waals surface area contributed by atoms with Crippen LogP contribution in [0.4, 0.5) is 4.79 Å². The Bertz CT molecular complexity index is 471. The van der Waals surface area contributed by atoms with Crippen LogP contribution < -0.4 is 10.0 Å². The van der Waals surface area contributed by atoms with Crippen LogP contribution in [0.3, 0.4) is 0 Å². The molecule has 1 aliphatic heterocycles. The van der Waals surface area contributed by atoms with Gasteiger partial charge < -0.3 is 10.1 Å². The van der Waals surface area contributed by atoms with Crippen molar-refractivity contribution in [3.05, 3.63) is 0 Å². The van der Waals surface area contributed by atoms with Gasteiger partial charge in [-0.3, -0.25) is 9.69 Å². The maximum absolute atomic E-state index is 12.0. The van der Waals surface area contributed by atoms with Crippen molar-refractivity contribution in [2.24, 2.45) is 0 Å². The molecule has 2 N–H and O–H groups in total. The molecule has 0 bridgehead atoms. The number of nitrogens with zero attached hydrogens (tertiary/aromatic N) is 1. The van der Waals surface area contributed by atoms with E-state index >= 15 is 0 Å². The van der Waals surface area contributed by atoms with Gasteiger partial charge in [-0.2, -0.15) is 0 Å². The molecule has 2 atom stereocenters. The van der Waals surface area contributed by atoms with E-state index in [-0.39, 0.29) is 6.54 Å². The third kappa shape index (κ3) is 5.33. The molecule has 9 heteroatoms. The number of hydrogen-bond donors (Lipinski definition) is 2. The Hall–Kier alpha value is -1.35. The number of carbonyl (C=O) groups is 2. The summed E-state index contributed by atoms with van der Waals surface area (Å²) in [5.74, 6) is 0. The lowest BCUT2D eigenvalue weighted by molar-refractivity contribution is -0.110. The summed E-state index contributed by atoms with van der Waals surface area (Å²) in [4.78, 5) is 23.9. The molecular weight excluding hydrogens is 286 g/mol. The van der Waals surface area contributed by atoms with Gasteiger partial charge in [-0.05, 0) is 20.8 Å². The summed E-state index contributed by atoms with van der Waals surface area (Å²) in [6.07, 6.45) is 0.651. The first kappa shape index (κ1) is 16.7. The molecule has 1 rings (SSSR count). The summed E-state index contributed by atoms with van der Waals surface area (Å²) in [6, 6.07) is -0.449. The largest absolute Gasteiger partial charge is 0.444 e. The normalized spacial score (nSPS) is 23.5. The van der Waals surface area contributed by atoms with Crippen molar-refractivity contribution >= 4 is 22.5 Å². The topological polar surface area (TPSA) is 105 Å². The lowest BCUT2D eigenvalue weighted by Gasteiger charge is -2.28. The van der Waals surface area contributed by atoms with Gasteiger partial charge in [0, 0.05) is 19.0 Å². The van der Waals surface area contributed by atoms with Gasteiger partial charge in [0.15, 0.2) is 0 Å². The summed E-state index contributed by atoms with van der Waals surface area (Å²) in [6.45, 7) is 5.34. The highest BCUT2D eigenvalue weighted by Gasteiger charge is 2.38. The van der Waals surface area contributed by atoms with E-state index in [2.05, 4.69) is 10.0 Å². The van der Waals surface area contributed by atoms with Crippen molar-refractivity contribution < 1.29 is 22.7 Å². The van der Waals surface area contributed by atoms with E-state index < -0.39 is 33.9 Å². The molecule has 1 heterocycles. The van der Waals surface area contributed by atoms with Crippen molar-refractivity contribution in [3.63, 3.8) is 0 Å². The van der Waals surface area contributed by atoms with Gasteiger partial charge in [-0.1, -0.05) is 0 Å². The number of carbonyl (C=O) groups excluding carboxylic acids is 2. The van der Waals surface area contributed by atoms with Crippen LogP contribution in [0.1, 0.15) is 27.2 Å². The zero-order valence-electron chi connectivity index (χ0n) is 12.0. The van der Waals surface area contributed by atoms with Gasteiger partial charge in [0.1, 0.15) is 11.8 Å². The fourth-order valence-corrected chi connectivity index (χ4v) is 2.76. The molecule has 0 spiro atoms. The van der Waals surface area contributed by atoms with Crippen LogP contribution in [0, 0.1) is 0 Å². The number of amides is 2. The Morgan fingerprint density at radius 3 is 2.45 bits per heavy atom. The maximum Gasteiger partial charge on any atom is 0.411 e. The quantitative estimate of drug-likeness (QED) is 0.689. The van der Waals surface area contributed by atoms with E-state index in [0.717, 1.165) is 6.26 Å². The molecule has 20 heavy (non-hydrogen) atoms. The minimum Gasteiger partial charge on any atom is -0.444 e. The minimum absolute atomic E-state index is 0.146. The van der Waals surface area contributed by atoms with Gasteiger partial charge in [0.05, 0.1) is 6.26 Å². The first-order chi connectivity index (χ1) is 9.02. The predicted octanol–water partition coefficient (Wildman–Crippen LogP) is -0.383. The molecule has 2 unspecified atom stereocenters. The average Bonchev–Trinajstić information content (AvgIpc) is 2.56. The van der Waals surface area contributed by atoms with E-state index in [1.54, 1.807) is 20.8 Å². The first-order valence-electron chi connectivity index (χ1n) is 6.18. The molecule has 0 aromatic carbocycles. The third-order valence-corrected chi connectivity index (χ3v) is 3.33. The average molecular weight is 307 g/mol. The molecule has 0 aliphatic carbocycles. The lowest BCUT2D eigenvalue weighted by Crippen LogP contribution is -2.46. The number of likely N-dealkylation sites (tertiary alicyclic amines) is 1. The molecule has 1 fully saturated rings. The zero-order chi connectivity index (χ0) is 15.6. The van der Waals surface area contributed by atoms with E-state index in [9.17, 15) is 18.0 Å². The number of rotatable bonds is 4. The second kappa shape index (κ2) is 5.96. The smallest absolute Gasteiger partial charge is 0.411 e. The van der Waals surface area contributed by atoms with Crippen molar-refractivity contribution in [3.8, 4) is 0 Å². The highest BCUT2D eigenvalue weighted by atomic mass is 32.2. The first-order valence-corrected chi connectivity index (χ1v) is 8.07. The van der Waals surface area contributed by atoms with Crippen LogP contribution in [-0.4, -0.2) is 56.4 Å². The predicted molar refractivity (Wildman–Crippen MR) is 72.3 cm³/mol. The van der Waals surface area contributed by atoms with Crippen LogP contribution in [-0.2, 0) is 19.6 Å². The third-order valence-electron chi connectivity index (χ3n) is 2.57. The number of nitrogens with one attached hydrogen (secondary N) is 2. The number of ether oxygens (including phenoxy) is 1. The highest BCUT2D eigenvalue weighted by molar-refractivity contribution is 7.88. The SMILES string of the molecule is CC(C)(C)OC(=O)N1CC(NS(C)(=O)=O)CC1NC=O. The van der Waals surface area contributed by atoms with Crippen molar-refractivity contribution in [1.29, 1.82) is 0 Å². The second-order valence-corrected chi connectivity index (χ2v) is 7.54. The summed E-state index contributed by atoms with van der Waals surface area (Å²) in [5, 5.41) is 2.49. The Labute approximate surface area is 118 Å². The minimum atomic E-state index is -3.38. The Morgan fingerprint density at radius 1 is 1.40 bits per heavy atom. The Morgan fingerprint density at radius 2 is 2.00 bits per heavy atom. The number of sulfonamides is 1. The molecule has 0 saturated carbocycles. The van der Waals surface area contributed by atoms with Crippen LogP contribution in [0.2, 0.25) is 0 Å². The van der Waals surface area contributed by atoms with Gasteiger partial charge in [0.25, 0.3) is 0 Å². The van der Waals surface area contributed by atoms with Gasteiger partial charge in [-0.15, -0.1) is 0 Å². The second-order valence-electron chi connectivity index (χ2n) is 5.76. The van der Waals surface area contributed by atoms with Gasteiger partial charge in [0.2, 0.25) is 16.4 Å².